The molecule has 1 aromatic rings. The lowest BCUT2D eigenvalue weighted by molar-refractivity contribution is 0.294. The number of hydrogen-bond acceptors (Lipinski definition) is 3. The number of rotatable bonds is 5. The van der Waals surface area contributed by atoms with Gasteiger partial charge in [-0.25, -0.2) is 0 Å². The molecule has 4 heteroatoms. The van der Waals surface area contributed by atoms with E-state index in [-0.39, 0.29) is 5.84 Å². The minimum atomic E-state index is 0.245. The lowest BCUT2D eigenvalue weighted by Crippen LogP contribution is -2.33. The highest BCUT2D eigenvalue weighted by atomic mass is 16.4. The van der Waals surface area contributed by atoms with E-state index in [1.807, 2.05) is 6.07 Å². The molecule has 0 aliphatic rings. The Morgan fingerprint density at radius 1 is 1.50 bits per heavy atom. The van der Waals surface area contributed by atoms with Crippen molar-refractivity contribution in [2.45, 2.75) is 20.4 Å². The van der Waals surface area contributed by atoms with Gasteiger partial charge in [0.1, 0.15) is 0 Å². The number of aryl methyl sites for hydroxylation is 1. The van der Waals surface area contributed by atoms with Crippen molar-refractivity contribution >= 4 is 5.84 Å². The molecule has 0 aliphatic heterocycles. The summed E-state index contributed by atoms with van der Waals surface area (Å²) in [4.78, 5) is 2.11. The van der Waals surface area contributed by atoms with Gasteiger partial charge in [0.05, 0.1) is 6.54 Å². The van der Waals surface area contributed by atoms with Crippen LogP contribution in [0.1, 0.15) is 18.1 Å². The third-order valence-electron chi connectivity index (χ3n) is 2.45. The van der Waals surface area contributed by atoms with E-state index in [1.54, 1.807) is 0 Å². The average Bonchev–Trinajstić information content (AvgIpc) is 2.28. The molecule has 0 saturated heterocycles. The first-order valence-electron chi connectivity index (χ1n) is 5.40. The van der Waals surface area contributed by atoms with Gasteiger partial charge in [-0.15, -0.1) is 0 Å². The maximum Gasteiger partial charge on any atom is 0.153 e. The molecule has 0 fully saturated rings. The zero-order valence-corrected chi connectivity index (χ0v) is 9.85. The third-order valence-corrected chi connectivity index (χ3v) is 2.45. The number of hydrogen-bond donors (Lipinski definition) is 2. The summed E-state index contributed by atoms with van der Waals surface area (Å²) in [6.45, 7) is 6.29. The van der Waals surface area contributed by atoms with Crippen molar-refractivity contribution in [2.24, 2.45) is 10.9 Å². The largest absolute Gasteiger partial charge is 0.409 e. The Balaban J connectivity index is 2.63. The van der Waals surface area contributed by atoms with Crippen molar-refractivity contribution in [1.82, 2.24) is 4.90 Å². The Morgan fingerprint density at radius 2 is 2.25 bits per heavy atom. The number of nitrogens with zero attached hydrogens (tertiary/aromatic N) is 2. The van der Waals surface area contributed by atoms with Crippen molar-refractivity contribution in [3.8, 4) is 0 Å². The van der Waals surface area contributed by atoms with Gasteiger partial charge in [0.15, 0.2) is 5.84 Å². The summed E-state index contributed by atoms with van der Waals surface area (Å²) in [7, 11) is 0. The van der Waals surface area contributed by atoms with E-state index >= 15 is 0 Å². The van der Waals surface area contributed by atoms with Crippen molar-refractivity contribution in [3.05, 3.63) is 35.4 Å². The molecule has 1 rings (SSSR count). The summed E-state index contributed by atoms with van der Waals surface area (Å²) in [5, 5.41) is 11.5. The minimum Gasteiger partial charge on any atom is -0.409 e. The van der Waals surface area contributed by atoms with E-state index in [1.165, 1.54) is 11.1 Å². The molecule has 0 unspecified atom stereocenters. The Labute approximate surface area is 96.4 Å². The molecule has 0 aliphatic carbocycles. The molecule has 0 heterocycles. The van der Waals surface area contributed by atoms with Crippen LogP contribution in [-0.4, -0.2) is 29.0 Å². The van der Waals surface area contributed by atoms with Crippen LogP contribution >= 0.6 is 0 Å². The first kappa shape index (κ1) is 12.5. The van der Waals surface area contributed by atoms with E-state index in [4.69, 9.17) is 10.9 Å². The van der Waals surface area contributed by atoms with E-state index in [0.717, 1.165) is 13.1 Å². The van der Waals surface area contributed by atoms with Gasteiger partial charge < -0.3 is 10.9 Å². The highest BCUT2D eigenvalue weighted by Gasteiger charge is 2.06. The summed E-state index contributed by atoms with van der Waals surface area (Å²) in [5.41, 5.74) is 7.98. The van der Waals surface area contributed by atoms with E-state index < -0.39 is 0 Å². The second kappa shape index (κ2) is 6.12. The summed E-state index contributed by atoms with van der Waals surface area (Å²) >= 11 is 0. The fraction of sp³-hybridized carbons (Fsp3) is 0.417. The third kappa shape index (κ3) is 3.90. The van der Waals surface area contributed by atoms with E-state index in [2.05, 4.69) is 42.1 Å². The molecule has 0 saturated carbocycles. The van der Waals surface area contributed by atoms with Crippen molar-refractivity contribution in [2.75, 3.05) is 13.1 Å². The Bertz CT molecular complexity index is 363. The van der Waals surface area contributed by atoms with Gasteiger partial charge in [0.2, 0.25) is 0 Å². The molecule has 0 aromatic heterocycles. The predicted octanol–water partition coefficient (Wildman–Crippen LogP) is 1.56. The van der Waals surface area contributed by atoms with Gasteiger partial charge in [0.25, 0.3) is 0 Å². The molecule has 0 radical (unpaired) electrons. The summed E-state index contributed by atoms with van der Waals surface area (Å²) in [6, 6.07) is 8.35. The van der Waals surface area contributed by atoms with Crippen LogP contribution in [0.2, 0.25) is 0 Å². The summed E-state index contributed by atoms with van der Waals surface area (Å²) in [5.74, 6) is 0.245. The molecule has 16 heavy (non-hydrogen) atoms. The molecule has 0 spiro atoms. The first-order chi connectivity index (χ1) is 7.65. The van der Waals surface area contributed by atoms with Crippen LogP contribution in [0.25, 0.3) is 0 Å². The standard InChI is InChI=1S/C12H19N3O/c1-3-15(9-12(13)14-16)8-11-6-4-5-10(2)7-11/h4-7,16H,3,8-9H2,1-2H3,(H2,13,14). The monoisotopic (exact) mass is 221 g/mol. The first-order valence-corrected chi connectivity index (χ1v) is 5.40. The highest BCUT2D eigenvalue weighted by Crippen LogP contribution is 2.07. The van der Waals surface area contributed by atoms with Gasteiger partial charge in [0, 0.05) is 6.54 Å². The van der Waals surface area contributed by atoms with Gasteiger partial charge in [-0.05, 0) is 19.0 Å². The van der Waals surface area contributed by atoms with Crippen LogP contribution in [-0.2, 0) is 6.54 Å². The summed E-state index contributed by atoms with van der Waals surface area (Å²) in [6.07, 6.45) is 0. The SMILES string of the molecule is CCN(CC(N)=NO)Cc1cccc(C)c1. The maximum atomic E-state index is 8.53. The molecular weight excluding hydrogens is 202 g/mol. The zero-order valence-electron chi connectivity index (χ0n) is 9.85. The molecule has 0 atom stereocenters. The predicted molar refractivity (Wildman–Crippen MR) is 65.5 cm³/mol. The molecule has 4 nitrogen and oxygen atoms in total. The van der Waals surface area contributed by atoms with Gasteiger partial charge in [-0.3, -0.25) is 4.90 Å². The minimum absolute atomic E-state index is 0.245. The van der Waals surface area contributed by atoms with E-state index in [0.29, 0.717) is 6.54 Å². The zero-order chi connectivity index (χ0) is 12.0. The maximum absolute atomic E-state index is 8.53. The Hall–Kier alpha value is -1.55. The molecule has 0 amide bonds. The van der Waals surface area contributed by atoms with Gasteiger partial charge in [-0.2, -0.15) is 0 Å². The molecular formula is C12H19N3O. The normalized spacial score (nSPS) is 12.1. The van der Waals surface area contributed by atoms with E-state index in [9.17, 15) is 0 Å². The van der Waals surface area contributed by atoms with Crippen LogP contribution in [0.3, 0.4) is 0 Å². The highest BCUT2D eigenvalue weighted by molar-refractivity contribution is 5.81. The van der Waals surface area contributed by atoms with Crippen LogP contribution in [0.15, 0.2) is 29.4 Å². The van der Waals surface area contributed by atoms with Gasteiger partial charge >= 0.3 is 0 Å². The smallest absolute Gasteiger partial charge is 0.153 e. The number of amidine groups is 1. The molecule has 88 valence electrons. The number of oxime groups is 1. The Morgan fingerprint density at radius 3 is 2.81 bits per heavy atom. The lowest BCUT2D eigenvalue weighted by atomic mass is 10.1. The number of nitrogens with two attached hydrogens (primary N) is 1. The lowest BCUT2D eigenvalue weighted by Gasteiger charge is -2.19. The summed E-state index contributed by atoms with van der Waals surface area (Å²) < 4.78 is 0. The fourth-order valence-electron chi connectivity index (χ4n) is 1.61. The van der Waals surface area contributed by atoms with Crippen LogP contribution in [0.4, 0.5) is 0 Å². The van der Waals surface area contributed by atoms with Crippen molar-refractivity contribution in [3.63, 3.8) is 0 Å². The second-order valence-electron chi connectivity index (χ2n) is 3.88. The molecule has 0 bridgehead atoms. The van der Waals surface area contributed by atoms with Crippen LogP contribution in [0, 0.1) is 6.92 Å². The second-order valence-corrected chi connectivity index (χ2v) is 3.88. The quantitative estimate of drug-likeness (QED) is 0.343. The molecule has 1 aromatic carbocycles. The van der Waals surface area contributed by atoms with Crippen LogP contribution < -0.4 is 5.73 Å². The molecule has 3 N–H and O–H groups in total. The number of benzene rings is 1. The Kier molecular flexibility index (Phi) is 4.79. The number of likely N-dealkylation sites (N-methyl/N-ethyl adjacent to an activating group) is 1. The van der Waals surface area contributed by atoms with Crippen LogP contribution in [0.5, 0.6) is 0 Å². The van der Waals surface area contributed by atoms with Crippen molar-refractivity contribution in [1.29, 1.82) is 0 Å². The fourth-order valence-corrected chi connectivity index (χ4v) is 1.61. The topological polar surface area (TPSA) is 61.8 Å². The van der Waals surface area contributed by atoms with Gasteiger partial charge in [-0.1, -0.05) is 41.9 Å². The average molecular weight is 221 g/mol. The van der Waals surface area contributed by atoms with Crippen molar-refractivity contribution < 1.29 is 5.21 Å².